The lowest BCUT2D eigenvalue weighted by Gasteiger charge is -2.24. The number of carboxylic acids is 1. The van der Waals surface area contributed by atoms with Gasteiger partial charge in [0.1, 0.15) is 5.75 Å². The van der Waals surface area contributed by atoms with Crippen LogP contribution in [0.25, 0.3) is 10.9 Å². The molecule has 2 rings (SSSR count). The van der Waals surface area contributed by atoms with Gasteiger partial charge in [-0.1, -0.05) is 41.4 Å². The summed E-state index contributed by atoms with van der Waals surface area (Å²) in [6, 6.07) is 7.16. The van der Waals surface area contributed by atoms with Crippen molar-refractivity contribution in [2.45, 2.75) is 48.9 Å². The van der Waals surface area contributed by atoms with Crippen LogP contribution in [0.4, 0.5) is 0 Å². The molecule has 23 heavy (non-hydrogen) atoms. The molecule has 2 N–H and O–H groups in total. The van der Waals surface area contributed by atoms with Crippen LogP contribution in [0.2, 0.25) is 0 Å². The Hall–Kier alpha value is -1.20. The van der Waals surface area contributed by atoms with E-state index in [0.717, 1.165) is 23.7 Å². The quantitative estimate of drug-likeness (QED) is 0.616. The van der Waals surface area contributed by atoms with E-state index in [0.29, 0.717) is 6.42 Å². The minimum atomic E-state index is -0.867. The van der Waals surface area contributed by atoms with Gasteiger partial charge in [0, 0.05) is 27.8 Å². The zero-order valence-electron chi connectivity index (χ0n) is 13.0. The van der Waals surface area contributed by atoms with Crippen LogP contribution >= 0.6 is 27.5 Å². The molecule has 0 fully saturated rings. The number of halogens is 2. The van der Waals surface area contributed by atoms with E-state index in [1.807, 2.05) is 28.8 Å². The number of benzene rings is 1. The average Bonchev–Trinajstić information content (AvgIpc) is 2.84. The molecule has 0 saturated heterocycles. The van der Waals surface area contributed by atoms with Gasteiger partial charge in [-0.3, -0.25) is 4.79 Å². The van der Waals surface area contributed by atoms with Crippen LogP contribution in [-0.4, -0.2) is 31.0 Å². The molecule has 6 heteroatoms. The number of nitrogens with zero attached hydrogens (tertiary/aromatic N) is 1. The lowest BCUT2D eigenvalue weighted by atomic mass is 10.0. The lowest BCUT2D eigenvalue weighted by Crippen LogP contribution is -2.22. The Bertz CT molecular complexity index is 673. The highest BCUT2D eigenvalue weighted by Gasteiger charge is 2.25. The van der Waals surface area contributed by atoms with E-state index >= 15 is 0 Å². The van der Waals surface area contributed by atoms with Crippen molar-refractivity contribution in [3.63, 3.8) is 0 Å². The molecule has 0 radical (unpaired) electrons. The SMILES string of the molecule is CCCC(Cl)C(Br)CC(CC(=O)O)n1cc(O)c2ccccc21. The highest BCUT2D eigenvalue weighted by atomic mass is 79.9. The van der Waals surface area contributed by atoms with Crippen molar-refractivity contribution in [2.24, 2.45) is 0 Å². The molecule has 0 aliphatic carbocycles. The first-order valence-electron chi connectivity index (χ1n) is 7.72. The second-order valence-corrected chi connectivity index (χ2v) is 7.48. The van der Waals surface area contributed by atoms with Gasteiger partial charge in [-0.05, 0) is 25.0 Å². The van der Waals surface area contributed by atoms with E-state index in [4.69, 9.17) is 11.6 Å². The third-order valence-electron chi connectivity index (χ3n) is 3.98. The van der Waals surface area contributed by atoms with Gasteiger partial charge < -0.3 is 14.8 Å². The van der Waals surface area contributed by atoms with Crippen molar-refractivity contribution >= 4 is 44.4 Å². The maximum absolute atomic E-state index is 11.3. The van der Waals surface area contributed by atoms with Crippen LogP contribution in [0, 0.1) is 0 Å². The summed E-state index contributed by atoms with van der Waals surface area (Å²) < 4.78 is 1.85. The minimum absolute atomic E-state index is 0.0109. The highest BCUT2D eigenvalue weighted by Crippen LogP contribution is 2.34. The van der Waals surface area contributed by atoms with Gasteiger partial charge in [-0.15, -0.1) is 11.6 Å². The maximum Gasteiger partial charge on any atom is 0.305 e. The monoisotopic (exact) mass is 401 g/mol. The molecule has 4 nitrogen and oxygen atoms in total. The van der Waals surface area contributed by atoms with Crippen LogP contribution in [-0.2, 0) is 4.79 Å². The number of alkyl halides is 2. The van der Waals surface area contributed by atoms with Crippen molar-refractivity contribution in [3.05, 3.63) is 30.5 Å². The van der Waals surface area contributed by atoms with E-state index in [1.165, 1.54) is 0 Å². The van der Waals surface area contributed by atoms with Gasteiger partial charge in [-0.2, -0.15) is 0 Å². The molecule has 0 aliphatic rings. The molecule has 0 aliphatic heterocycles. The molecule has 1 aromatic carbocycles. The van der Waals surface area contributed by atoms with Crippen molar-refractivity contribution in [3.8, 4) is 5.75 Å². The smallest absolute Gasteiger partial charge is 0.305 e. The summed E-state index contributed by atoms with van der Waals surface area (Å²) >= 11 is 9.97. The molecule has 0 spiro atoms. The predicted molar refractivity (Wildman–Crippen MR) is 96.8 cm³/mol. The number of hydrogen-bond donors (Lipinski definition) is 2. The van der Waals surface area contributed by atoms with Gasteiger partial charge in [0.25, 0.3) is 0 Å². The second-order valence-electron chi connectivity index (χ2n) is 5.75. The van der Waals surface area contributed by atoms with E-state index < -0.39 is 5.97 Å². The lowest BCUT2D eigenvalue weighted by molar-refractivity contribution is -0.137. The molecule has 1 aromatic heterocycles. The Morgan fingerprint density at radius 3 is 2.74 bits per heavy atom. The molecule has 3 unspecified atom stereocenters. The topological polar surface area (TPSA) is 62.5 Å². The number of para-hydroxylation sites is 1. The van der Waals surface area contributed by atoms with Crippen LogP contribution < -0.4 is 0 Å². The van der Waals surface area contributed by atoms with E-state index in [-0.39, 0.29) is 28.4 Å². The predicted octanol–water partition coefficient (Wildman–Crippen LogP) is 4.92. The Kier molecular flexibility index (Phi) is 6.36. The number of fused-ring (bicyclic) bond motifs is 1. The Labute approximate surface area is 149 Å². The normalized spacial score (nSPS) is 15.4. The van der Waals surface area contributed by atoms with Gasteiger partial charge in [-0.25, -0.2) is 0 Å². The fourth-order valence-corrected chi connectivity index (χ4v) is 3.87. The highest BCUT2D eigenvalue weighted by molar-refractivity contribution is 9.09. The summed E-state index contributed by atoms with van der Waals surface area (Å²) in [7, 11) is 0. The molecule has 0 bridgehead atoms. The third-order valence-corrected chi connectivity index (χ3v) is 5.82. The number of hydrogen-bond acceptors (Lipinski definition) is 2. The largest absolute Gasteiger partial charge is 0.506 e. The van der Waals surface area contributed by atoms with Crippen LogP contribution in [0.1, 0.15) is 38.6 Å². The Balaban J connectivity index is 2.32. The number of aromatic nitrogens is 1. The summed E-state index contributed by atoms with van der Waals surface area (Å²) in [4.78, 5) is 11.3. The molecule has 126 valence electrons. The average molecular weight is 403 g/mol. The number of carbonyl (C=O) groups is 1. The minimum Gasteiger partial charge on any atom is -0.506 e. The van der Waals surface area contributed by atoms with E-state index in [1.54, 1.807) is 6.20 Å². The molecule has 0 amide bonds. The summed E-state index contributed by atoms with van der Waals surface area (Å²) in [6.45, 7) is 2.07. The van der Waals surface area contributed by atoms with Gasteiger partial charge >= 0.3 is 5.97 Å². The van der Waals surface area contributed by atoms with Crippen LogP contribution in [0.15, 0.2) is 30.5 Å². The molecule has 1 heterocycles. The number of aliphatic carboxylic acids is 1. The van der Waals surface area contributed by atoms with E-state index in [2.05, 4.69) is 22.9 Å². The molecule has 0 saturated carbocycles. The number of rotatable bonds is 8. The van der Waals surface area contributed by atoms with Crippen LogP contribution in [0.3, 0.4) is 0 Å². The third kappa shape index (κ3) is 4.42. The number of carboxylic acid groups (broad SMARTS) is 1. The Morgan fingerprint density at radius 1 is 1.39 bits per heavy atom. The summed E-state index contributed by atoms with van der Waals surface area (Å²) in [5.41, 5.74) is 0.831. The van der Waals surface area contributed by atoms with Crippen molar-refractivity contribution < 1.29 is 15.0 Å². The first-order chi connectivity index (χ1) is 10.9. The van der Waals surface area contributed by atoms with Crippen molar-refractivity contribution in [2.75, 3.05) is 0 Å². The van der Waals surface area contributed by atoms with E-state index in [9.17, 15) is 15.0 Å². The maximum atomic E-state index is 11.3. The standard InChI is InChI=1S/C17H21BrClNO3/c1-2-5-14(19)13(18)8-11(9-17(22)23)20-10-16(21)12-6-3-4-7-15(12)20/h3-4,6-7,10-11,13-14,21H,2,5,8-9H2,1H3,(H,22,23). The van der Waals surface area contributed by atoms with Gasteiger partial charge in [0.15, 0.2) is 0 Å². The fourth-order valence-electron chi connectivity index (χ4n) is 2.85. The van der Waals surface area contributed by atoms with Crippen LogP contribution in [0.5, 0.6) is 5.75 Å². The van der Waals surface area contributed by atoms with Crippen molar-refractivity contribution in [1.82, 2.24) is 4.57 Å². The van der Waals surface area contributed by atoms with Crippen molar-refractivity contribution in [1.29, 1.82) is 0 Å². The second kappa shape index (κ2) is 8.06. The number of aromatic hydroxyl groups is 1. The molecular formula is C17H21BrClNO3. The molecular weight excluding hydrogens is 382 g/mol. The summed E-state index contributed by atoms with van der Waals surface area (Å²) in [6.07, 6.45) is 4.03. The van der Waals surface area contributed by atoms with Gasteiger partial charge in [0.2, 0.25) is 0 Å². The van der Waals surface area contributed by atoms with Gasteiger partial charge in [0.05, 0.1) is 11.9 Å². The fraction of sp³-hybridized carbons (Fsp3) is 0.471. The zero-order chi connectivity index (χ0) is 17.0. The Morgan fingerprint density at radius 2 is 2.09 bits per heavy atom. The molecule has 2 aromatic rings. The first kappa shape index (κ1) is 18.1. The molecule has 3 atom stereocenters. The zero-order valence-corrected chi connectivity index (χ0v) is 15.3. The first-order valence-corrected chi connectivity index (χ1v) is 9.07. The summed E-state index contributed by atoms with van der Waals surface area (Å²) in [5.74, 6) is -0.702. The summed E-state index contributed by atoms with van der Waals surface area (Å²) in [5, 5.41) is 20.0.